The molecule has 7 nitrogen and oxygen atoms in total. The molecule has 0 aromatic carbocycles. The number of hydrogen-bond acceptors (Lipinski definition) is 6. The molecule has 0 fully saturated rings. The number of esters is 1. The summed E-state index contributed by atoms with van der Waals surface area (Å²) < 4.78 is 10.3. The van der Waals surface area contributed by atoms with Crippen LogP contribution in [0.15, 0.2) is 16.7 Å². The van der Waals surface area contributed by atoms with Crippen LogP contribution < -0.4 is 5.32 Å². The van der Waals surface area contributed by atoms with E-state index in [4.69, 9.17) is 9.15 Å². The fourth-order valence-corrected chi connectivity index (χ4v) is 3.86. The van der Waals surface area contributed by atoms with E-state index < -0.39 is 11.9 Å². The number of carbonyl (C=O) groups is 3. The molecule has 2 amide bonds. The normalized spacial score (nSPS) is 10.6. The van der Waals surface area contributed by atoms with Crippen molar-refractivity contribution in [1.29, 1.82) is 0 Å². The quantitative estimate of drug-likeness (QED) is 0.723. The van der Waals surface area contributed by atoms with E-state index in [-0.39, 0.29) is 18.1 Å². The van der Waals surface area contributed by atoms with E-state index in [1.54, 1.807) is 31.7 Å². The summed E-state index contributed by atoms with van der Waals surface area (Å²) in [6.07, 6.45) is 1.42. The smallest absolute Gasteiger partial charge is 0.341 e. The lowest BCUT2D eigenvalue weighted by atomic mass is 10.1. The van der Waals surface area contributed by atoms with E-state index in [0.717, 1.165) is 11.3 Å². The van der Waals surface area contributed by atoms with E-state index >= 15 is 0 Å². The summed E-state index contributed by atoms with van der Waals surface area (Å²) in [5.74, 6) is -0.676. The summed E-state index contributed by atoms with van der Waals surface area (Å²) in [6.45, 7) is 10.2. The summed E-state index contributed by atoms with van der Waals surface area (Å²) in [5, 5.41) is 3.03. The van der Waals surface area contributed by atoms with Crippen LogP contribution in [0.5, 0.6) is 0 Å². The third kappa shape index (κ3) is 4.21. The molecule has 0 aliphatic heterocycles. The summed E-state index contributed by atoms with van der Waals surface area (Å²) in [6, 6.07) is 1.55. The Hall–Kier alpha value is -2.61. The van der Waals surface area contributed by atoms with E-state index in [0.29, 0.717) is 39.9 Å². The zero-order valence-electron chi connectivity index (χ0n) is 16.2. The number of carbonyl (C=O) groups excluding carboxylic acids is 3. The molecular weight excluding hydrogens is 368 g/mol. The number of amides is 2. The molecule has 146 valence electrons. The molecule has 0 saturated heterocycles. The Morgan fingerprint density at radius 3 is 2.37 bits per heavy atom. The summed E-state index contributed by atoms with van der Waals surface area (Å²) in [4.78, 5) is 39.9. The number of rotatable bonds is 7. The SMILES string of the molecule is CCOC(=O)c1c(NC(=O)c2ccoc2C)sc(C(=O)N(CC)CC)c1C. The Balaban J connectivity index is 2.46. The number of anilines is 1. The largest absolute Gasteiger partial charge is 0.469 e. The minimum absolute atomic E-state index is 0.173. The van der Waals surface area contributed by atoms with Crippen LogP contribution in [0, 0.1) is 13.8 Å². The molecule has 0 aliphatic carbocycles. The van der Waals surface area contributed by atoms with Gasteiger partial charge in [0.25, 0.3) is 11.8 Å². The van der Waals surface area contributed by atoms with Crippen molar-refractivity contribution < 1.29 is 23.5 Å². The van der Waals surface area contributed by atoms with Crippen molar-refractivity contribution in [2.45, 2.75) is 34.6 Å². The van der Waals surface area contributed by atoms with Crippen LogP contribution in [0.25, 0.3) is 0 Å². The molecule has 0 aliphatic rings. The average Bonchev–Trinajstić information content (AvgIpc) is 3.19. The van der Waals surface area contributed by atoms with Crippen LogP contribution in [-0.4, -0.2) is 42.4 Å². The molecule has 0 saturated carbocycles. The van der Waals surface area contributed by atoms with Gasteiger partial charge in [0, 0.05) is 13.1 Å². The second-order valence-electron chi connectivity index (χ2n) is 5.80. The van der Waals surface area contributed by atoms with Gasteiger partial charge < -0.3 is 19.4 Å². The standard InChI is InChI=1S/C19H24N2O5S/c1-6-21(7-2)18(23)15-11(4)14(19(24)25-8-3)17(27-15)20-16(22)13-9-10-26-12(13)5/h9-10H,6-8H2,1-5H3,(H,20,22). The predicted octanol–water partition coefficient (Wildman–Crippen LogP) is 3.87. The fraction of sp³-hybridized carbons (Fsp3) is 0.421. The van der Waals surface area contributed by atoms with Crippen LogP contribution in [0.3, 0.4) is 0 Å². The number of thiophene rings is 1. The van der Waals surface area contributed by atoms with Crippen molar-refractivity contribution in [3.05, 3.63) is 39.7 Å². The van der Waals surface area contributed by atoms with Gasteiger partial charge >= 0.3 is 5.97 Å². The lowest BCUT2D eigenvalue weighted by Crippen LogP contribution is -2.30. The number of nitrogens with zero attached hydrogens (tertiary/aromatic N) is 1. The van der Waals surface area contributed by atoms with Crippen molar-refractivity contribution in [2.24, 2.45) is 0 Å². The molecule has 2 rings (SSSR count). The van der Waals surface area contributed by atoms with E-state index in [9.17, 15) is 14.4 Å². The first-order valence-electron chi connectivity index (χ1n) is 8.80. The summed E-state index contributed by atoms with van der Waals surface area (Å²) in [5.41, 5.74) is 1.09. The van der Waals surface area contributed by atoms with Gasteiger partial charge in [0.2, 0.25) is 0 Å². The molecule has 0 atom stereocenters. The minimum atomic E-state index is -0.566. The molecule has 0 bridgehead atoms. The van der Waals surface area contributed by atoms with Gasteiger partial charge in [0.05, 0.1) is 28.9 Å². The zero-order valence-corrected chi connectivity index (χ0v) is 17.0. The molecule has 2 aromatic heterocycles. The third-order valence-electron chi connectivity index (χ3n) is 4.20. The summed E-state index contributed by atoms with van der Waals surface area (Å²) in [7, 11) is 0. The molecule has 27 heavy (non-hydrogen) atoms. The first kappa shape index (κ1) is 20.7. The first-order chi connectivity index (χ1) is 12.8. The van der Waals surface area contributed by atoms with Gasteiger partial charge in [0.1, 0.15) is 10.8 Å². The Labute approximate surface area is 162 Å². The molecular formula is C19H24N2O5S. The Morgan fingerprint density at radius 1 is 1.19 bits per heavy atom. The maximum atomic E-state index is 12.8. The highest BCUT2D eigenvalue weighted by Gasteiger charge is 2.28. The Morgan fingerprint density at radius 2 is 1.85 bits per heavy atom. The van der Waals surface area contributed by atoms with Crippen LogP contribution in [0.4, 0.5) is 5.00 Å². The maximum Gasteiger partial charge on any atom is 0.341 e. The van der Waals surface area contributed by atoms with Crippen LogP contribution in [0.1, 0.15) is 62.5 Å². The van der Waals surface area contributed by atoms with Gasteiger partial charge in [-0.25, -0.2) is 4.79 Å². The Bertz CT molecular complexity index is 848. The molecule has 0 radical (unpaired) electrons. The molecule has 2 heterocycles. The molecule has 8 heteroatoms. The van der Waals surface area contributed by atoms with Gasteiger partial charge in [-0.1, -0.05) is 0 Å². The van der Waals surface area contributed by atoms with Gasteiger partial charge in [-0.15, -0.1) is 11.3 Å². The second kappa shape index (κ2) is 8.85. The Kier molecular flexibility index (Phi) is 6.79. The van der Waals surface area contributed by atoms with Crippen molar-refractivity contribution in [1.82, 2.24) is 4.90 Å². The molecule has 1 N–H and O–H groups in total. The van der Waals surface area contributed by atoms with Crippen molar-refractivity contribution in [3.8, 4) is 0 Å². The molecule has 0 spiro atoms. The third-order valence-corrected chi connectivity index (χ3v) is 5.40. The van der Waals surface area contributed by atoms with Crippen LogP contribution in [-0.2, 0) is 4.74 Å². The van der Waals surface area contributed by atoms with Crippen LogP contribution in [0.2, 0.25) is 0 Å². The van der Waals surface area contributed by atoms with Crippen molar-refractivity contribution in [3.63, 3.8) is 0 Å². The van der Waals surface area contributed by atoms with E-state index in [1.165, 1.54) is 6.26 Å². The lowest BCUT2D eigenvalue weighted by molar-refractivity contribution is 0.0527. The number of ether oxygens (including phenoxy) is 1. The zero-order chi connectivity index (χ0) is 20.1. The number of furan rings is 1. The molecule has 2 aromatic rings. The number of hydrogen-bond donors (Lipinski definition) is 1. The number of aryl methyl sites for hydroxylation is 1. The van der Waals surface area contributed by atoms with E-state index in [2.05, 4.69) is 5.32 Å². The summed E-state index contributed by atoms with van der Waals surface area (Å²) >= 11 is 1.08. The first-order valence-corrected chi connectivity index (χ1v) is 9.62. The van der Waals surface area contributed by atoms with Crippen molar-refractivity contribution in [2.75, 3.05) is 25.0 Å². The predicted molar refractivity (Wildman–Crippen MR) is 104 cm³/mol. The van der Waals surface area contributed by atoms with Crippen LogP contribution >= 0.6 is 11.3 Å². The van der Waals surface area contributed by atoms with Gasteiger partial charge in [0.15, 0.2) is 0 Å². The monoisotopic (exact) mass is 392 g/mol. The average molecular weight is 392 g/mol. The fourth-order valence-electron chi connectivity index (χ4n) is 2.70. The van der Waals surface area contributed by atoms with Crippen molar-refractivity contribution >= 4 is 34.1 Å². The highest BCUT2D eigenvalue weighted by atomic mass is 32.1. The highest BCUT2D eigenvalue weighted by Crippen LogP contribution is 2.35. The lowest BCUT2D eigenvalue weighted by Gasteiger charge is -2.18. The topological polar surface area (TPSA) is 88.8 Å². The van der Waals surface area contributed by atoms with Gasteiger partial charge in [-0.3, -0.25) is 9.59 Å². The van der Waals surface area contributed by atoms with Gasteiger partial charge in [-0.05, 0) is 46.2 Å². The maximum absolute atomic E-state index is 12.8. The highest BCUT2D eigenvalue weighted by molar-refractivity contribution is 7.18. The van der Waals surface area contributed by atoms with Gasteiger partial charge in [-0.2, -0.15) is 0 Å². The minimum Gasteiger partial charge on any atom is -0.469 e. The second-order valence-corrected chi connectivity index (χ2v) is 6.82. The van der Waals surface area contributed by atoms with E-state index in [1.807, 2.05) is 13.8 Å². The molecule has 0 unspecified atom stereocenters. The number of nitrogens with one attached hydrogen (secondary N) is 1.